The molecule has 26 heavy (non-hydrogen) atoms. The third kappa shape index (κ3) is 5.69. The summed E-state index contributed by atoms with van der Waals surface area (Å²) in [6.07, 6.45) is 0.745. The fraction of sp³-hybridized carbons (Fsp3) is 0.722. The van der Waals surface area contributed by atoms with Crippen LogP contribution in [0.5, 0.6) is 0 Å². The number of nitrogens with one attached hydrogen (secondary N) is 1. The second-order valence-electron chi connectivity index (χ2n) is 7.57. The van der Waals surface area contributed by atoms with Crippen molar-refractivity contribution < 1.29 is 8.42 Å². The molecule has 0 aromatic carbocycles. The second kappa shape index (κ2) is 8.71. The van der Waals surface area contributed by atoms with Crippen LogP contribution in [0.3, 0.4) is 0 Å². The van der Waals surface area contributed by atoms with Crippen molar-refractivity contribution >= 4 is 27.1 Å². The van der Waals surface area contributed by atoms with Gasteiger partial charge in [-0.25, -0.2) is 8.42 Å². The van der Waals surface area contributed by atoms with Crippen molar-refractivity contribution in [1.82, 2.24) is 15.1 Å². The van der Waals surface area contributed by atoms with Crippen LogP contribution in [0.1, 0.15) is 25.1 Å². The fourth-order valence-corrected chi connectivity index (χ4v) is 6.06. The quantitative estimate of drug-likeness (QED) is 0.604. The van der Waals surface area contributed by atoms with Crippen LogP contribution >= 0.6 is 11.3 Å². The number of hydrogen-bond acceptors (Lipinski definition) is 5. The van der Waals surface area contributed by atoms with E-state index in [1.807, 2.05) is 11.3 Å². The molecule has 3 rings (SSSR count). The number of sulfone groups is 1. The molecule has 0 bridgehead atoms. The van der Waals surface area contributed by atoms with Gasteiger partial charge >= 0.3 is 0 Å². The molecule has 2 aliphatic rings. The summed E-state index contributed by atoms with van der Waals surface area (Å²) in [4.78, 5) is 11.0. The summed E-state index contributed by atoms with van der Waals surface area (Å²) in [6.45, 7) is 9.80. The van der Waals surface area contributed by atoms with Crippen LogP contribution in [0.2, 0.25) is 0 Å². The minimum absolute atomic E-state index is 0.170. The van der Waals surface area contributed by atoms with Gasteiger partial charge in [-0.1, -0.05) is 6.07 Å². The van der Waals surface area contributed by atoms with Gasteiger partial charge in [0, 0.05) is 50.2 Å². The fourth-order valence-electron chi connectivity index (χ4n) is 3.47. The molecule has 1 aromatic rings. The van der Waals surface area contributed by atoms with Gasteiger partial charge in [-0.05, 0) is 37.6 Å². The zero-order valence-electron chi connectivity index (χ0n) is 15.7. The number of nitrogens with zero attached hydrogens (tertiary/aromatic N) is 3. The topological polar surface area (TPSA) is 65.0 Å². The van der Waals surface area contributed by atoms with Crippen molar-refractivity contribution in [2.45, 2.75) is 32.9 Å². The van der Waals surface area contributed by atoms with E-state index in [4.69, 9.17) is 4.99 Å². The van der Waals surface area contributed by atoms with Crippen molar-refractivity contribution in [2.75, 3.05) is 44.2 Å². The number of hydrogen-bond donors (Lipinski definition) is 1. The molecule has 0 radical (unpaired) electrons. The highest BCUT2D eigenvalue weighted by atomic mass is 32.2. The Morgan fingerprint density at radius 2 is 2.12 bits per heavy atom. The maximum atomic E-state index is 11.7. The number of piperazine rings is 1. The minimum atomic E-state index is -2.83. The van der Waals surface area contributed by atoms with Gasteiger partial charge in [0.05, 0.1) is 11.5 Å². The van der Waals surface area contributed by atoms with Gasteiger partial charge < -0.3 is 10.2 Å². The molecular formula is C18H30N4O2S2. The molecule has 0 aliphatic carbocycles. The van der Waals surface area contributed by atoms with Crippen LogP contribution in [0, 0.1) is 5.92 Å². The van der Waals surface area contributed by atoms with Crippen molar-refractivity contribution in [3.63, 3.8) is 0 Å². The van der Waals surface area contributed by atoms with Crippen molar-refractivity contribution in [2.24, 2.45) is 10.9 Å². The molecule has 6 nitrogen and oxygen atoms in total. The second-order valence-corrected chi connectivity index (χ2v) is 10.8. The van der Waals surface area contributed by atoms with Crippen LogP contribution in [-0.4, -0.2) is 74.4 Å². The monoisotopic (exact) mass is 398 g/mol. The van der Waals surface area contributed by atoms with Gasteiger partial charge in [-0.2, -0.15) is 0 Å². The van der Waals surface area contributed by atoms with Gasteiger partial charge in [0.2, 0.25) is 0 Å². The van der Waals surface area contributed by atoms with E-state index in [0.29, 0.717) is 24.1 Å². The molecule has 0 spiro atoms. The smallest absolute Gasteiger partial charge is 0.194 e. The Morgan fingerprint density at radius 3 is 2.69 bits per heavy atom. The third-order valence-electron chi connectivity index (χ3n) is 4.88. The average Bonchev–Trinajstić information content (AvgIpc) is 3.21. The van der Waals surface area contributed by atoms with Crippen molar-refractivity contribution in [1.29, 1.82) is 0 Å². The first-order valence-electron chi connectivity index (χ1n) is 9.42. The van der Waals surface area contributed by atoms with Gasteiger partial charge in [-0.15, -0.1) is 11.3 Å². The molecule has 1 atom stereocenters. The lowest BCUT2D eigenvalue weighted by Gasteiger charge is -2.37. The molecule has 3 heterocycles. The van der Waals surface area contributed by atoms with Gasteiger partial charge in [0.25, 0.3) is 0 Å². The Kier molecular flexibility index (Phi) is 6.58. The van der Waals surface area contributed by atoms with Crippen LogP contribution in [0.4, 0.5) is 0 Å². The standard InChI is InChI=1S/C18H30N4O2S2/c1-15(2)20-18(19-12-16-5-11-26(23,24)14-16)22-8-6-21(7-9-22)13-17-4-3-10-25-17/h3-4,10,15-16H,5-9,11-14H2,1-2H3,(H,19,20). The largest absolute Gasteiger partial charge is 0.354 e. The van der Waals surface area contributed by atoms with Crippen LogP contribution in [-0.2, 0) is 16.4 Å². The number of guanidine groups is 1. The SMILES string of the molecule is CC(C)NC(=NCC1CCS(=O)(=O)C1)N1CCN(Cc2cccs2)CC1. The van der Waals surface area contributed by atoms with Crippen LogP contribution in [0.25, 0.3) is 0 Å². The third-order valence-corrected chi connectivity index (χ3v) is 7.57. The predicted molar refractivity (Wildman–Crippen MR) is 109 cm³/mol. The highest BCUT2D eigenvalue weighted by molar-refractivity contribution is 7.91. The highest BCUT2D eigenvalue weighted by Crippen LogP contribution is 2.19. The van der Waals surface area contributed by atoms with E-state index in [2.05, 4.69) is 46.5 Å². The highest BCUT2D eigenvalue weighted by Gasteiger charge is 2.28. The molecule has 2 aliphatic heterocycles. The molecule has 8 heteroatoms. The van der Waals surface area contributed by atoms with E-state index in [1.165, 1.54) is 4.88 Å². The number of aliphatic imine (C=N–C) groups is 1. The maximum absolute atomic E-state index is 11.7. The Bertz CT molecular complexity index is 693. The Morgan fingerprint density at radius 1 is 1.35 bits per heavy atom. The van der Waals surface area contributed by atoms with E-state index in [0.717, 1.165) is 45.1 Å². The first-order chi connectivity index (χ1) is 12.4. The Labute approximate surface area is 161 Å². The lowest BCUT2D eigenvalue weighted by molar-refractivity contribution is 0.173. The van der Waals surface area contributed by atoms with E-state index in [9.17, 15) is 8.42 Å². The first-order valence-corrected chi connectivity index (χ1v) is 12.1. The van der Waals surface area contributed by atoms with E-state index in [-0.39, 0.29) is 5.92 Å². The van der Waals surface area contributed by atoms with E-state index >= 15 is 0 Å². The number of rotatable bonds is 5. The molecule has 1 N–H and O–H groups in total. The average molecular weight is 399 g/mol. The minimum Gasteiger partial charge on any atom is -0.354 e. The van der Waals surface area contributed by atoms with Crippen LogP contribution in [0.15, 0.2) is 22.5 Å². The lowest BCUT2D eigenvalue weighted by atomic mass is 10.1. The van der Waals surface area contributed by atoms with Crippen molar-refractivity contribution in [3.8, 4) is 0 Å². The summed E-state index contributed by atoms with van der Waals surface area (Å²) in [6, 6.07) is 4.61. The zero-order chi connectivity index (χ0) is 18.6. The van der Waals surface area contributed by atoms with Gasteiger partial charge in [0.1, 0.15) is 0 Å². The predicted octanol–water partition coefficient (Wildman–Crippen LogP) is 1.65. The van der Waals surface area contributed by atoms with E-state index in [1.54, 1.807) is 0 Å². The molecule has 1 unspecified atom stereocenters. The van der Waals surface area contributed by atoms with E-state index < -0.39 is 9.84 Å². The summed E-state index contributed by atoms with van der Waals surface area (Å²) >= 11 is 1.81. The van der Waals surface area contributed by atoms with Crippen molar-refractivity contribution in [3.05, 3.63) is 22.4 Å². The maximum Gasteiger partial charge on any atom is 0.194 e. The summed E-state index contributed by atoms with van der Waals surface area (Å²) in [5.41, 5.74) is 0. The molecule has 2 saturated heterocycles. The summed E-state index contributed by atoms with van der Waals surface area (Å²) in [5.74, 6) is 1.71. The van der Waals surface area contributed by atoms with Gasteiger partial charge in [-0.3, -0.25) is 9.89 Å². The molecule has 2 fully saturated rings. The lowest BCUT2D eigenvalue weighted by Crippen LogP contribution is -2.53. The van der Waals surface area contributed by atoms with Crippen LogP contribution < -0.4 is 5.32 Å². The zero-order valence-corrected chi connectivity index (χ0v) is 17.4. The summed E-state index contributed by atoms with van der Waals surface area (Å²) in [7, 11) is -2.83. The molecule has 1 aromatic heterocycles. The Balaban J connectivity index is 1.55. The Hall–Kier alpha value is -1.12. The number of thiophene rings is 1. The van der Waals surface area contributed by atoms with Gasteiger partial charge in [0.15, 0.2) is 15.8 Å². The summed E-state index contributed by atoms with van der Waals surface area (Å²) in [5, 5.41) is 5.60. The molecule has 0 saturated carbocycles. The molecule has 146 valence electrons. The molecular weight excluding hydrogens is 368 g/mol. The normalized spacial score (nSPS) is 24.3. The molecule has 0 amide bonds. The summed E-state index contributed by atoms with van der Waals surface area (Å²) < 4.78 is 23.3. The first kappa shape index (κ1) is 19.6.